The summed E-state index contributed by atoms with van der Waals surface area (Å²) in [6.07, 6.45) is 4.32. The lowest BCUT2D eigenvalue weighted by atomic mass is 9.99. The lowest BCUT2D eigenvalue weighted by Crippen LogP contribution is -2.34. The third kappa shape index (κ3) is 6.13. The maximum Gasteiger partial charge on any atom is 0.235 e. The summed E-state index contributed by atoms with van der Waals surface area (Å²) in [6.45, 7) is 4.80. The molecule has 2 aromatic carbocycles. The first kappa shape index (κ1) is 20.4. The summed E-state index contributed by atoms with van der Waals surface area (Å²) in [4.78, 5) is 12.1. The highest BCUT2D eigenvalue weighted by Crippen LogP contribution is 2.20. The van der Waals surface area contributed by atoms with Gasteiger partial charge in [0.1, 0.15) is 5.75 Å². The summed E-state index contributed by atoms with van der Waals surface area (Å²) in [5.41, 5.74) is 0.741. The van der Waals surface area contributed by atoms with Gasteiger partial charge in [-0.3, -0.25) is 4.79 Å². The first-order valence-electron chi connectivity index (χ1n) is 9.39. The fourth-order valence-electron chi connectivity index (χ4n) is 3.16. The molecule has 0 saturated heterocycles. The van der Waals surface area contributed by atoms with E-state index in [-0.39, 0.29) is 5.75 Å². The van der Waals surface area contributed by atoms with Gasteiger partial charge in [0.15, 0.2) is 9.84 Å². The molecule has 0 aromatic heterocycles. The van der Waals surface area contributed by atoms with Crippen molar-refractivity contribution >= 4 is 26.5 Å². The summed E-state index contributed by atoms with van der Waals surface area (Å²) < 4.78 is 25.0. The van der Waals surface area contributed by atoms with E-state index in [4.69, 9.17) is 0 Å². The van der Waals surface area contributed by atoms with Gasteiger partial charge in [-0.2, -0.15) is 0 Å². The third-order valence-electron chi connectivity index (χ3n) is 4.74. The molecule has 5 heteroatoms. The van der Waals surface area contributed by atoms with Gasteiger partial charge in [0.25, 0.3) is 0 Å². The number of nitrogens with one attached hydrogen (secondary N) is 1. The molecule has 0 aliphatic rings. The summed E-state index contributed by atoms with van der Waals surface area (Å²) in [7, 11) is -3.51. The standard InChI is InChI=1S/C21H29NO3S/c1-3-5-9-17(4-2)14-22-21(23)16-26(24,25)15-19-12-8-11-18-10-6-7-13-20(18)19/h6-8,10-13,17H,3-5,9,14-16H2,1-2H3,(H,22,23)/t17-/m0/s1. The summed E-state index contributed by atoms with van der Waals surface area (Å²) in [6, 6.07) is 13.3. The van der Waals surface area contributed by atoms with E-state index in [1.165, 1.54) is 0 Å². The van der Waals surface area contributed by atoms with Crippen molar-refractivity contribution < 1.29 is 13.2 Å². The van der Waals surface area contributed by atoms with Crippen LogP contribution in [0.25, 0.3) is 10.8 Å². The maximum absolute atomic E-state index is 12.5. The number of unbranched alkanes of at least 4 members (excludes halogenated alkanes) is 1. The second kappa shape index (κ2) is 9.72. The van der Waals surface area contributed by atoms with Gasteiger partial charge in [0.05, 0.1) is 5.75 Å². The van der Waals surface area contributed by atoms with Crippen LogP contribution in [0.2, 0.25) is 0 Å². The molecule has 2 rings (SSSR count). The number of amides is 1. The average molecular weight is 376 g/mol. The normalized spacial score (nSPS) is 12.8. The second-order valence-electron chi connectivity index (χ2n) is 6.89. The van der Waals surface area contributed by atoms with Crippen LogP contribution in [-0.4, -0.2) is 26.6 Å². The van der Waals surface area contributed by atoms with Gasteiger partial charge in [-0.05, 0) is 28.7 Å². The van der Waals surface area contributed by atoms with Crippen LogP contribution in [-0.2, 0) is 20.4 Å². The van der Waals surface area contributed by atoms with Gasteiger partial charge in [0, 0.05) is 6.54 Å². The minimum Gasteiger partial charge on any atom is -0.355 e. The Balaban J connectivity index is 1.96. The third-order valence-corrected chi connectivity index (χ3v) is 6.19. The van der Waals surface area contributed by atoms with Crippen molar-refractivity contribution in [3.8, 4) is 0 Å². The van der Waals surface area contributed by atoms with Crippen LogP contribution in [0.5, 0.6) is 0 Å². The molecule has 2 aromatic rings. The van der Waals surface area contributed by atoms with Gasteiger partial charge in [0.2, 0.25) is 5.91 Å². The average Bonchev–Trinajstić information content (AvgIpc) is 2.61. The second-order valence-corrected chi connectivity index (χ2v) is 8.96. The van der Waals surface area contributed by atoms with Crippen LogP contribution in [0.4, 0.5) is 0 Å². The number of carbonyl (C=O) groups is 1. The van der Waals surface area contributed by atoms with Crippen molar-refractivity contribution in [2.24, 2.45) is 5.92 Å². The van der Waals surface area contributed by atoms with E-state index >= 15 is 0 Å². The fourth-order valence-corrected chi connectivity index (χ4v) is 4.49. The molecule has 1 atom stereocenters. The summed E-state index contributed by atoms with van der Waals surface area (Å²) in [5, 5.41) is 4.73. The van der Waals surface area contributed by atoms with E-state index in [1.807, 2.05) is 42.5 Å². The molecule has 0 bridgehead atoms. The fraction of sp³-hybridized carbons (Fsp3) is 0.476. The SMILES string of the molecule is CCCC[C@H](CC)CNC(=O)CS(=O)(=O)Cc1cccc2ccccc12. The summed E-state index contributed by atoms with van der Waals surface area (Å²) >= 11 is 0. The van der Waals surface area contributed by atoms with Crippen molar-refractivity contribution in [3.63, 3.8) is 0 Å². The molecule has 0 spiro atoms. The Bertz CT molecular complexity index is 825. The molecule has 1 N–H and O–H groups in total. The first-order chi connectivity index (χ1) is 12.4. The maximum atomic E-state index is 12.5. The number of hydrogen-bond donors (Lipinski definition) is 1. The van der Waals surface area contributed by atoms with E-state index < -0.39 is 21.5 Å². The Labute approximate surface area is 156 Å². The van der Waals surface area contributed by atoms with Gasteiger partial charge in [-0.15, -0.1) is 0 Å². The Hall–Kier alpha value is -1.88. The number of benzene rings is 2. The quantitative estimate of drug-likeness (QED) is 0.680. The van der Waals surface area contributed by atoms with Gasteiger partial charge in [-0.25, -0.2) is 8.42 Å². The molecular formula is C21H29NO3S. The Kier molecular flexibility index (Phi) is 7.64. The minimum absolute atomic E-state index is 0.116. The highest BCUT2D eigenvalue weighted by Gasteiger charge is 2.19. The molecule has 1 amide bonds. The van der Waals surface area contributed by atoms with Crippen LogP contribution >= 0.6 is 0 Å². The lowest BCUT2D eigenvalue weighted by Gasteiger charge is -2.15. The van der Waals surface area contributed by atoms with Crippen LogP contribution in [0.3, 0.4) is 0 Å². The van der Waals surface area contributed by atoms with E-state index in [9.17, 15) is 13.2 Å². The van der Waals surface area contributed by atoms with Gasteiger partial charge >= 0.3 is 0 Å². The zero-order valence-electron chi connectivity index (χ0n) is 15.7. The van der Waals surface area contributed by atoms with E-state index in [0.29, 0.717) is 12.5 Å². The highest BCUT2D eigenvalue weighted by molar-refractivity contribution is 7.91. The molecule has 0 unspecified atom stereocenters. The molecular weight excluding hydrogens is 346 g/mol. The predicted octanol–water partition coefficient (Wildman–Crippen LogP) is 4.09. The topological polar surface area (TPSA) is 63.2 Å². The molecule has 0 aliphatic heterocycles. The van der Waals surface area contributed by atoms with Crippen LogP contribution < -0.4 is 5.32 Å². The van der Waals surface area contributed by atoms with Crippen molar-refractivity contribution in [1.82, 2.24) is 5.32 Å². The zero-order chi connectivity index (χ0) is 19.0. The van der Waals surface area contributed by atoms with Crippen molar-refractivity contribution in [2.45, 2.75) is 45.3 Å². The largest absolute Gasteiger partial charge is 0.355 e. The first-order valence-corrected chi connectivity index (χ1v) is 11.2. The Morgan fingerprint density at radius 2 is 1.81 bits per heavy atom. The molecule has 26 heavy (non-hydrogen) atoms. The predicted molar refractivity (Wildman–Crippen MR) is 108 cm³/mol. The lowest BCUT2D eigenvalue weighted by molar-refractivity contribution is -0.118. The molecule has 0 saturated carbocycles. The van der Waals surface area contributed by atoms with Crippen LogP contribution in [0.1, 0.15) is 45.1 Å². The zero-order valence-corrected chi connectivity index (χ0v) is 16.5. The Morgan fingerprint density at radius 3 is 2.54 bits per heavy atom. The highest BCUT2D eigenvalue weighted by atomic mass is 32.2. The number of rotatable bonds is 10. The molecule has 142 valence electrons. The van der Waals surface area contributed by atoms with Crippen molar-refractivity contribution in [3.05, 3.63) is 48.0 Å². The van der Waals surface area contributed by atoms with Gasteiger partial charge < -0.3 is 5.32 Å². The van der Waals surface area contributed by atoms with Crippen LogP contribution in [0, 0.1) is 5.92 Å². The van der Waals surface area contributed by atoms with E-state index in [0.717, 1.165) is 42.0 Å². The van der Waals surface area contributed by atoms with Gasteiger partial charge in [-0.1, -0.05) is 75.6 Å². The molecule has 0 radical (unpaired) electrons. The molecule has 0 fully saturated rings. The van der Waals surface area contributed by atoms with Crippen LogP contribution in [0.15, 0.2) is 42.5 Å². The van der Waals surface area contributed by atoms with E-state index in [1.54, 1.807) is 0 Å². The number of carbonyl (C=O) groups excluding carboxylic acids is 1. The molecule has 0 aliphatic carbocycles. The summed E-state index contributed by atoms with van der Waals surface area (Å²) in [5.74, 6) is -0.560. The monoisotopic (exact) mass is 375 g/mol. The minimum atomic E-state index is -3.51. The number of fused-ring (bicyclic) bond motifs is 1. The number of hydrogen-bond acceptors (Lipinski definition) is 3. The van der Waals surface area contributed by atoms with E-state index in [2.05, 4.69) is 19.2 Å². The van der Waals surface area contributed by atoms with Crippen molar-refractivity contribution in [2.75, 3.05) is 12.3 Å². The van der Waals surface area contributed by atoms with Crippen molar-refractivity contribution in [1.29, 1.82) is 0 Å². The molecule has 0 heterocycles. The smallest absolute Gasteiger partial charge is 0.235 e. The Morgan fingerprint density at radius 1 is 1.08 bits per heavy atom. The number of sulfone groups is 1. The molecule has 4 nitrogen and oxygen atoms in total.